The first-order valence-electron chi connectivity index (χ1n) is 10.2. The quantitative estimate of drug-likeness (QED) is 0.658. The van der Waals surface area contributed by atoms with Gasteiger partial charge in [0.1, 0.15) is 11.5 Å². The Balaban J connectivity index is 1.66. The zero-order chi connectivity index (χ0) is 22.2. The Bertz CT molecular complexity index is 895. The summed E-state index contributed by atoms with van der Waals surface area (Å²) in [4.78, 5) is 27.2. The third kappa shape index (κ3) is 5.96. The molecule has 2 aromatic rings. The van der Waals surface area contributed by atoms with Crippen molar-refractivity contribution in [2.75, 3.05) is 52.4 Å². The number of ether oxygens (including phenoxy) is 3. The summed E-state index contributed by atoms with van der Waals surface area (Å²) in [7, 11) is 3.03. The fourth-order valence-electron chi connectivity index (χ4n) is 3.49. The molecule has 0 unspecified atom stereocenters. The van der Waals surface area contributed by atoms with Crippen molar-refractivity contribution in [3.63, 3.8) is 0 Å². The van der Waals surface area contributed by atoms with Gasteiger partial charge in [0.25, 0.3) is 0 Å². The van der Waals surface area contributed by atoms with Crippen molar-refractivity contribution in [3.05, 3.63) is 53.6 Å². The molecule has 1 aliphatic heterocycles. The van der Waals surface area contributed by atoms with E-state index in [1.807, 2.05) is 19.1 Å². The number of nitrogens with zero attached hydrogens (tertiary/aromatic N) is 1. The summed E-state index contributed by atoms with van der Waals surface area (Å²) < 4.78 is 15.9. The minimum atomic E-state index is -0.756. The molecule has 1 aliphatic rings. The maximum atomic E-state index is 12.5. The predicted octanol–water partition coefficient (Wildman–Crippen LogP) is 2.14. The van der Waals surface area contributed by atoms with E-state index in [2.05, 4.69) is 27.7 Å². The second-order valence-corrected chi connectivity index (χ2v) is 7.31. The lowest BCUT2D eigenvalue weighted by molar-refractivity contribution is -0.136. The average Bonchev–Trinajstić information content (AvgIpc) is 2.81. The van der Waals surface area contributed by atoms with Gasteiger partial charge in [0, 0.05) is 25.7 Å². The number of benzene rings is 2. The number of anilines is 1. The van der Waals surface area contributed by atoms with E-state index < -0.39 is 11.8 Å². The Labute approximate surface area is 182 Å². The van der Waals surface area contributed by atoms with Gasteiger partial charge in [-0.05, 0) is 24.6 Å². The lowest BCUT2D eigenvalue weighted by Gasteiger charge is -2.35. The van der Waals surface area contributed by atoms with Crippen molar-refractivity contribution >= 4 is 17.5 Å². The van der Waals surface area contributed by atoms with Crippen LogP contribution in [0.3, 0.4) is 0 Å². The van der Waals surface area contributed by atoms with Crippen LogP contribution in [0, 0.1) is 6.92 Å². The van der Waals surface area contributed by atoms with Crippen LogP contribution >= 0.6 is 0 Å². The average molecular weight is 428 g/mol. The van der Waals surface area contributed by atoms with Crippen LogP contribution in [0.15, 0.2) is 42.5 Å². The van der Waals surface area contributed by atoms with E-state index >= 15 is 0 Å². The third-order valence-electron chi connectivity index (χ3n) is 5.27. The molecule has 2 aromatic carbocycles. The lowest BCUT2D eigenvalue weighted by atomic mass is 10.0. The summed E-state index contributed by atoms with van der Waals surface area (Å²) in [5, 5.41) is 5.37. The molecule has 2 amide bonds. The van der Waals surface area contributed by atoms with Gasteiger partial charge in [-0.15, -0.1) is 0 Å². The second-order valence-electron chi connectivity index (χ2n) is 7.31. The number of carbonyl (C=O) groups excluding carboxylic acids is 2. The summed E-state index contributed by atoms with van der Waals surface area (Å²) in [5.74, 6) is -0.464. The molecule has 0 radical (unpaired) electrons. The Kier molecular flexibility index (Phi) is 7.86. The van der Waals surface area contributed by atoms with Gasteiger partial charge in [-0.1, -0.05) is 29.8 Å². The van der Waals surface area contributed by atoms with Gasteiger partial charge < -0.3 is 24.8 Å². The van der Waals surface area contributed by atoms with E-state index in [4.69, 9.17) is 14.2 Å². The molecule has 3 rings (SSSR count). The number of carbonyl (C=O) groups is 2. The highest BCUT2D eigenvalue weighted by molar-refractivity contribution is 6.39. The Hall–Kier alpha value is -3.10. The van der Waals surface area contributed by atoms with E-state index in [-0.39, 0.29) is 6.04 Å². The van der Waals surface area contributed by atoms with E-state index in [1.54, 1.807) is 25.3 Å². The number of rotatable bonds is 7. The van der Waals surface area contributed by atoms with Crippen LogP contribution in [-0.2, 0) is 14.3 Å². The van der Waals surface area contributed by atoms with Crippen molar-refractivity contribution in [2.45, 2.75) is 13.0 Å². The van der Waals surface area contributed by atoms with Gasteiger partial charge in [0.05, 0.1) is 39.2 Å². The van der Waals surface area contributed by atoms with E-state index in [0.717, 1.165) is 18.7 Å². The molecule has 1 atom stereocenters. The molecule has 166 valence electrons. The van der Waals surface area contributed by atoms with Crippen LogP contribution in [0.4, 0.5) is 5.69 Å². The van der Waals surface area contributed by atoms with Crippen molar-refractivity contribution in [3.8, 4) is 11.5 Å². The van der Waals surface area contributed by atoms with E-state index in [9.17, 15) is 9.59 Å². The van der Waals surface area contributed by atoms with Crippen LogP contribution in [0.5, 0.6) is 11.5 Å². The van der Waals surface area contributed by atoms with Gasteiger partial charge in [-0.3, -0.25) is 14.5 Å². The molecule has 1 fully saturated rings. The molecule has 31 heavy (non-hydrogen) atoms. The zero-order valence-electron chi connectivity index (χ0n) is 18.1. The predicted molar refractivity (Wildman–Crippen MR) is 117 cm³/mol. The topological polar surface area (TPSA) is 89.1 Å². The van der Waals surface area contributed by atoms with Crippen molar-refractivity contribution in [1.82, 2.24) is 10.2 Å². The summed E-state index contributed by atoms with van der Waals surface area (Å²) >= 11 is 0. The molecule has 2 N–H and O–H groups in total. The van der Waals surface area contributed by atoms with Gasteiger partial charge in [-0.2, -0.15) is 0 Å². The minimum absolute atomic E-state index is 0.0447. The van der Waals surface area contributed by atoms with E-state index in [0.29, 0.717) is 36.9 Å². The van der Waals surface area contributed by atoms with Crippen molar-refractivity contribution in [1.29, 1.82) is 0 Å². The number of nitrogens with one attached hydrogen (secondary N) is 2. The van der Waals surface area contributed by atoms with Gasteiger partial charge in [0.15, 0.2) is 0 Å². The Morgan fingerprint density at radius 2 is 1.74 bits per heavy atom. The molecule has 8 nitrogen and oxygen atoms in total. The SMILES string of the molecule is COc1ccc(NC(=O)C(=O)NC[C@@H](c2ccc(C)cc2)N2CCOCC2)c(OC)c1. The first kappa shape index (κ1) is 22.6. The molecule has 0 saturated carbocycles. The van der Waals surface area contributed by atoms with Crippen LogP contribution in [0.1, 0.15) is 17.2 Å². The summed E-state index contributed by atoms with van der Waals surface area (Å²) in [5.41, 5.74) is 2.65. The molecule has 0 aliphatic carbocycles. The number of hydrogen-bond donors (Lipinski definition) is 2. The van der Waals surface area contributed by atoms with Crippen LogP contribution in [0.2, 0.25) is 0 Å². The maximum Gasteiger partial charge on any atom is 0.313 e. The van der Waals surface area contributed by atoms with Crippen molar-refractivity contribution < 1.29 is 23.8 Å². The molecule has 8 heteroatoms. The van der Waals surface area contributed by atoms with Crippen LogP contribution < -0.4 is 20.1 Å². The highest BCUT2D eigenvalue weighted by atomic mass is 16.5. The molecule has 0 bridgehead atoms. The second kappa shape index (κ2) is 10.8. The molecule has 1 heterocycles. The van der Waals surface area contributed by atoms with Crippen LogP contribution in [-0.4, -0.2) is 63.8 Å². The smallest absolute Gasteiger partial charge is 0.313 e. The monoisotopic (exact) mass is 427 g/mol. The zero-order valence-corrected chi connectivity index (χ0v) is 18.1. The molecular weight excluding hydrogens is 398 g/mol. The highest BCUT2D eigenvalue weighted by Crippen LogP contribution is 2.29. The Morgan fingerprint density at radius 3 is 2.39 bits per heavy atom. The molecule has 0 spiro atoms. The molecule has 0 aromatic heterocycles. The minimum Gasteiger partial charge on any atom is -0.497 e. The number of aryl methyl sites for hydroxylation is 1. The van der Waals surface area contributed by atoms with Crippen LogP contribution in [0.25, 0.3) is 0 Å². The number of methoxy groups -OCH3 is 2. The largest absolute Gasteiger partial charge is 0.497 e. The van der Waals surface area contributed by atoms with Gasteiger partial charge in [0.2, 0.25) is 0 Å². The fourth-order valence-corrected chi connectivity index (χ4v) is 3.49. The van der Waals surface area contributed by atoms with Crippen molar-refractivity contribution in [2.24, 2.45) is 0 Å². The first-order chi connectivity index (χ1) is 15.0. The van der Waals surface area contributed by atoms with E-state index in [1.165, 1.54) is 12.7 Å². The van der Waals surface area contributed by atoms with Gasteiger partial charge >= 0.3 is 11.8 Å². The Morgan fingerprint density at radius 1 is 1.03 bits per heavy atom. The maximum absolute atomic E-state index is 12.5. The number of amides is 2. The molecular formula is C23H29N3O5. The van der Waals surface area contributed by atoms with Gasteiger partial charge in [-0.25, -0.2) is 0 Å². The number of morpholine rings is 1. The first-order valence-corrected chi connectivity index (χ1v) is 10.2. The third-order valence-corrected chi connectivity index (χ3v) is 5.27. The molecule has 1 saturated heterocycles. The standard InChI is InChI=1S/C23H29N3O5/c1-16-4-6-17(7-5-16)20(26-10-12-31-13-11-26)15-24-22(27)23(28)25-19-9-8-18(29-2)14-21(19)30-3/h4-9,14,20H,10-13,15H2,1-3H3,(H,24,27)(H,25,28)/t20-/m0/s1. The summed E-state index contributed by atoms with van der Waals surface area (Å²) in [6, 6.07) is 13.1. The summed E-state index contributed by atoms with van der Waals surface area (Å²) in [6.07, 6.45) is 0. The lowest BCUT2D eigenvalue weighted by Crippen LogP contribution is -2.45. The summed E-state index contributed by atoms with van der Waals surface area (Å²) in [6.45, 7) is 5.18. The fraction of sp³-hybridized carbons (Fsp3) is 0.391. The highest BCUT2D eigenvalue weighted by Gasteiger charge is 2.25. The normalized spacial score (nSPS) is 15.1. The number of hydrogen-bond acceptors (Lipinski definition) is 6.